The summed E-state index contributed by atoms with van der Waals surface area (Å²) >= 11 is 0. The molecule has 1 fully saturated rings. The van der Waals surface area contributed by atoms with Crippen LogP contribution in [-0.2, 0) is 4.79 Å². The lowest BCUT2D eigenvalue weighted by molar-refractivity contribution is -0.121. The van der Waals surface area contributed by atoms with Crippen molar-refractivity contribution >= 4 is 5.91 Å². The lowest BCUT2D eigenvalue weighted by Gasteiger charge is -2.25. The standard InChI is InChI=1S/C17H27N3O2/c1-20(2)16(13-6-4-8-15(10-13)22-3)12-19-17(21)11-14-7-5-9-18-14/h4,6,8,10,14,16,18H,5,7,9,11-12H2,1-3H3,(H,19,21). The maximum atomic E-state index is 12.1. The highest BCUT2D eigenvalue weighted by Crippen LogP contribution is 2.22. The quantitative estimate of drug-likeness (QED) is 0.803. The molecule has 0 bridgehead atoms. The fourth-order valence-corrected chi connectivity index (χ4v) is 2.88. The number of benzene rings is 1. The van der Waals surface area contributed by atoms with Crippen molar-refractivity contribution in [1.29, 1.82) is 0 Å². The molecule has 2 unspecified atom stereocenters. The first kappa shape index (κ1) is 16.8. The number of amides is 1. The van der Waals surface area contributed by atoms with Crippen LogP contribution in [0.15, 0.2) is 24.3 Å². The van der Waals surface area contributed by atoms with Crippen molar-refractivity contribution in [2.75, 3.05) is 34.3 Å². The van der Waals surface area contributed by atoms with Crippen LogP contribution < -0.4 is 15.4 Å². The van der Waals surface area contributed by atoms with Gasteiger partial charge in [0.1, 0.15) is 5.75 Å². The Bertz CT molecular complexity index is 485. The van der Waals surface area contributed by atoms with E-state index < -0.39 is 0 Å². The summed E-state index contributed by atoms with van der Waals surface area (Å²) in [6.07, 6.45) is 2.83. The monoisotopic (exact) mass is 305 g/mol. The zero-order chi connectivity index (χ0) is 15.9. The third-order valence-electron chi connectivity index (χ3n) is 4.19. The maximum absolute atomic E-state index is 12.1. The van der Waals surface area contributed by atoms with E-state index in [9.17, 15) is 4.79 Å². The van der Waals surface area contributed by atoms with E-state index in [2.05, 4.69) is 21.6 Å². The number of carbonyl (C=O) groups excluding carboxylic acids is 1. The van der Waals surface area contributed by atoms with Crippen molar-refractivity contribution in [1.82, 2.24) is 15.5 Å². The SMILES string of the molecule is COc1cccc(C(CNC(=O)CC2CCCN2)N(C)C)c1. The number of hydrogen-bond donors (Lipinski definition) is 2. The second-order valence-corrected chi connectivity index (χ2v) is 6.06. The van der Waals surface area contributed by atoms with Gasteiger partial charge in [-0.3, -0.25) is 4.79 Å². The maximum Gasteiger partial charge on any atom is 0.221 e. The predicted molar refractivity (Wildman–Crippen MR) is 88.1 cm³/mol. The fraction of sp³-hybridized carbons (Fsp3) is 0.588. The molecule has 1 amide bonds. The van der Waals surface area contributed by atoms with Gasteiger partial charge in [0.05, 0.1) is 13.2 Å². The van der Waals surface area contributed by atoms with Gasteiger partial charge >= 0.3 is 0 Å². The Labute approximate surface area is 133 Å². The highest BCUT2D eigenvalue weighted by molar-refractivity contribution is 5.76. The zero-order valence-corrected chi connectivity index (χ0v) is 13.8. The molecule has 1 saturated heterocycles. The van der Waals surface area contributed by atoms with Crippen molar-refractivity contribution in [2.45, 2.75) is 31.3 Å². The average Bonchev–Trinajstić information content (AvgIpc) is 3.00. The highest BCUT2D eigenvalue weighted by Gasteiger charge is 2.20. The molecule has 2 atom stereocenters. The Kier molecular flexibility index (Phi) is 6.21. The number of nitrogens with zero attached hydrogens (tertiary/aromatic N) is 1. The van der Waals surface area contributed by atoms with Gasteiger partial charge in [0.25, 0.3) is 0 Å². The Balaban J connectivity index is 1.92. The van der Waals surface area contributed by atoms with E-state index in [0.29, 0.717) is 19.0 Å². The summed E-state index contributed by atoms with van der Waals surface area (Å²) in [6.45, 7) is 1.63. The smallest absolute Gasteiger partial charge is 0.221 e. The molecule has 5 nitrogen and oxygen atoms in total. The van der Waals surface area contributed by atoms with E-state index in [1.54, 1.807) is 7.11 Å². The summed E-state index contributed by atoms with van der Waals surface area (Å²) in [5.41, 5.74) is 1.14. The third-order valence-corrected chi connectivity index (χ3v) is 4.19. The van der Waals surface area contributed by atoms with Crippen LogP contribution in [0.1, 0.15) is 30.9 Å². The van der Waals surface area contributed by atoms with Crippen LogP contribution in [0, 0.1) is 0 Å². The van der Waals surface area contributed by atoms with E-state index in [4.69, 9.17) is 4.74 Å². The Hall–Kier alpha value is -1.59. The van der Waals surface area contributed by atoms with Crippen molar-refractivity contribution in [3.63, 3.8) is 0 Å². The van der Waals surface area contributed by atoms with Crippen LogP contribution in [0.5, 0.6) is 5.75 Å². The molecule has 0 aromatic heterocycles. The van der Waals surface area contributed by atoms with Crippen molar-refractivity contribution in [3.8, 4) is 5.75 Å². The molecule has 0 spiro atoms. The van der Waals surface area contributed by atoms with Crippen LogP contribution in [0.2, 0.25) is 0 Å². The molecule has 0 aliphatic carbocycles. The summed E-state index contributed by atoms with van der Waals surface area (Å²) < 4.78 is 5.28. The lowest BCUT2D eigenvalue weighted by Crippen LogP contribution is -2.37. The van der Waals surface area contributed by atoms with E-state index >= 15 is 0 Å². The normalized spacial score (nSPS) is 19.2. The predicted octanol–water partition coefficient (Wildman–Crippen LogP) is 1.56. The molecule has 0 saturated carbocycles. The summed E-state index contributed by atoms with van der Waals surface area (Å²) in [5, 5.41) is 6.42. The number of carbonyl (C=O) groups is 1. The van der Waals surface area contributed by atoms with E-state index in [1.165, 1.54) is 6.42 Å². The number of likely N-dealkylation sites (N-methyl/N-ethyl adjacent to an activating group) is 1. The molecule has 122 valence electrons. The Morgan fingerprint density at radius 1 is 1.50 bits per heavy atom. The van der Waals surface area contributed by atoms with Crippen molar-refractivity contribution < 1.29 is 9.53 Å². The highest BCUT2D eigenvalue weighted by atomic mass is 16.5. The van der Waals surface area contributed by atoms with Crippen molar-refractivity contribution in [2.24, 2.45) is 0 Å². The first-order valence-corrected chi connectivity index (χ1v) is 7.90. The zero-order valence-electron chi connectivity index (χ0n) is 13.8. The van der Waals surface area contributed by atoms with Gasteiger partial charge < -0.3 is 20.3 Å². The van der Waals surface area contributed by atoms with E-state index in [-0.39, 0.29) is 11.9 Å². The minimum Gasteiger partial charge on any atom is -0.497 e. The molecule has 1 aliphatic rings. The molecular formula is C17H27N3O2. The Morgan fingerprint density at radius 2 is 2.32 bits per heavy atom. The summed E-state index contributed by atoms with van der Waals surface area (Å²) in [4.78, 5) is 14.2. The van der Waals surface area contributed by atoms with Gasteiger partial charge in [-0.25, -0.2) is 0 Å². The first-order valence-electron chi connectivity index (χ1n) is 7.90. The third kappa shape index (κ3) is 4.71. The number of hydrogen-bond acceptors (Lipinski definition) is 4. The van der Waals surface area contributed by atoms with Gasteiger partial charge in [0.15, 0.2) is 0 Å². The number of nitrogens with one attached hydrogen (secondary N) is 2. The molecule has 1 heterocycles. The number of ether oxygens (including phenoxy) is 1. The van der Waals surface area contributed by atoms with Crippen LogP contribution >= 0.6 is 0 Å². The minimum absolute atomic E-state index is 0.120. The van der Waals surface area contributed by atoms with Gasteiger partial charge in [0.2, 0.25) is 5.91 Å². The summed E-state index contributed by atoms with van der Waals surface area (Å²) in [5.74, 6) is 0.958. The molecular weight excluding hydrogens is 278 g/mol. The average molecular weight is 305 g/mol. The molecule has 1 aromatic rings. The van der Waals surface area contributed by atoms with E-state index in [0.717, 1.165) is 24.3 Å². The van der Waals surface area contributed by atoms with Crippen molar-refractivity contribution in [3.05, 3.63) is 29.8 Å². The van der Waals surface area contributed by atoms with Gasteiger partial charge in [-0.1, -0.05) is 12.1 Å². The van der Waals surface area contributed by atoms with Gasteiger partial charge in [0, 0.05) is 19.0 Å². The topological polar surface area (TPSA) is 53.6 Å². The molecule has 5 heteroatoms. The molecule has 2 N–H and O–H groups in total. The second-order valence-electron chi connectivity index (χ2n) is 6.06. The minimum atomic E-state index is 0.120. The van der Waals surface area contributed by atoms with Gasteiger partial charge in [-0.2, -0.15) is 0 Å². The first-order chi connectivity index (χ1) is 10.6. The van der Waals surface area contributed by atoms with Crippen LogP contribution in [-0.4, -0.2) is 51.1 Å². The molecule has 1 aliphatic heterocycles. The van der Waals surface area contributed by atoms with Gasteiger partial charge in [-0.15, -0.1) is 0 Å². The fourth-order valence-electron chi connectivity index (χ4n) is 2.88. The Morgan fingerprint density at radius 3 is 2.95 bits per heavy atom. The molecule has 22 heavy (non-hydrogen) atoms. The van der Waals surface area contributed by atoms with E-state index in [1.807, 2.05) is 32.3 Å². The largest absolute Gasteiger partial charge is 0.497 e. The number of rotatable bonds is 7. The van der Waals surface area contributed by atoms with Crippen LogP contribution in [0.3, 0.4) is 0 Å². The summed E-state index contributed by atoms with van der Waals surface area (Å²) in [7, 11) is 5.71. The molecule has 2 rings (SSSR count). The number of methoxy groups -OCH3 is 1. The summed E-state index contributed by atoms with van der Waals surface area (Å²) in [6, 6.07) is 8.48. The van der Waals surface area contributed by atoms with Crippen LogP contribution in [0.4, 0.5) is 0 Å². The lowest BCUT2D eigenvalue weighted by atomic mass is 10.1. The molecule has 0 radical (unpaired) electrons. The second kappa shape index (κ2) is 8.15. The van der Waals surface area contributed by atoms with Crippen LogP contribution in [0.25, 0.3) is 0 Å². The van der Waals surface area contributed by atoms with Gasteiger partial charge in [-0.05, 0) is 51.2 Å². The molecule has 1 aromatic carbocycles.